The third-order valence-electron chi connectivity index (χ3n) is 2.20. The standard InChI is InChI=1S/C11H21NO5S/c1-4-9-18(14,15)10-11(13)12(5-7-16-2)6-8-17-3/h4H,1,5-10H2,2-3H3. The molecule has 0 aromatic carbocycles. The molecule has 18 heavy (non-hydrogen) atoms. The van der Waals surface area contributed by atoms with Gasteiger partial charge in [0.1, 0.15) is 5.75 Å². The Morgan fingerprint density at radius 3 is 2.11 bits per heavy atom. The van der Waals surface area contributed by atoms with Crippen LogP contribution in [0.3, 0.4) is 0 Å². The molecule has 0 saturated heterocycles. The maximum absolute atomic E-state index is 11.8. The van der Waals surface area contributed by atoms with Crippen molar-refractivity contribution in [1.29, 1.82) is 0 Å². The highest BCUT2D eigenvalue weighted by atomic mass is 32.2. The molecule has 0 aromatic rings. The van der Waals surface area contributed by atoms with E-state index >= 15 is 0 Å². The lowest BCUT2D eigenvalue weighted by Gasteiger charge is -2.21. The van der Waals surface area contributed by atoms with Gasteiger partial charge < -0.3 is 14.4 Å². The van der Waals surface area contributed by atoms with Crippen LogP contribution in [0.15, 0.2) is 12.7 Å². The molecular formula is C11H21NO5S. The van der Waals surface area contributed by atoms with Gasteiger partial charge in [-0.05, 0) is 0 Å². The van der Waals surface area contributed by atoms with Crippen LogP contribution in [0.4, 0.5) is 0 Å². The number of carbonyl (C=O) groups excluding carboxylic acids is 1. The van der Waals surface area contributed by atoms with Crippen molar-refractivity contribution >= 4 is 15.7 Å². The minimum atomic E-state index is -3.42. The number of nitrogens with zero attached hydrogens (tertiary/aromatic N) is 1. The molecule has 106 valence electrons. The van der Waals surface area contributed by atoms with E-state index in [9.17, 15) is 13.2 Å². The fourth-order valence-corrected chi connectivity index (χ4v) is 2.32. The third kappa shape index (κ3) is 7.41. The van der Waals surface area contributed by atoms with Gasteiger partial charge in [0.2, 0.25) is 5.91 Å². The number of hydrogen-bond acceptors (Lipinski definition) is 5. The fraction of sp³-hybridized carbons (Fsp3) is 0.727. The summed E-state index contributed by atoms with van der Waals surface area (Å²) in [6.45, 7) is 4.77. The normalized spacial score (nSPS) is 11.2. The van der Waals surface area contributed by atoms with Gasteiger partial charge in [-0.1, -0.05) is 6.08 Å². The lowest BCUT2D eigenvalue weighted by atomic mass is 10.4. The van der Waals surface area contributed by atoms with Gasteiger partial charge >= 0.3 is 0 Å². The van der Waals surface area contributed by atoms with Crippen molar-refractivity contribution in [3.8, 4) is 0 Å². The fourth-order valence-electron chi connectivity index (χ4n) is 1.28. The van der Waals surface area contributed by atoms with Crippen LogP contribution < -0.4 is 0 Å². The molecule has 1 amide bonds. The van der Waals surface area contributed by atoms with Gasteiger partial charge in [-0.25, -0.2) is 8.42 Å². The molecule has 0 fully saturated rings. The summed E-state index contributed by atoms with van der Waals surface area (Å²) < 4.78 is 32.8. The first-order chi connectivity index (χ1) is 8.46. The van der Waals surface area contributed by atoms with E-state index < -0.39 is 21.5 Å². The van der Waals surface area contributed by atoms with Crippen molar-refractivity contribution in [2.75, 3.05) is 52.0 Å². The second kappa shape index (κ2) is 9.07. The van der Waals surface area contributed by atoms with E-state index in [1.54, 1.807) is 0 Å². The van der Waals surface area contributed by atoms with Crippen LogP contribution in [0, 0.1) is 0 Å². The van der Waals surface area contributed by atoms with Crippen LogP contribution >= 0.6 is 0 Å². The summed E-state index contributed by atoms with van der Waals surface area (Å²) in [5.74, 6) is -1.14. The summed E-state index contributed by atoms with van der Waals surface area (Å²) in [4.78, 5) is 13.3. The zero-order chi connectivity index (χ0) is 14.0. The number of amides is 1. The van der Waals surface area contributed by atoms with E-state index in [0.717, 1.165) is 0 Å². The number of methoxy groups -OCH3 is 2. The van der Waals surface area contributed by atoms with Gasteiger partial charge in [0, 0.05) is 27.3 Å². The first-order valence-corrected chi connectivity index (χ1v) is 7.36. The summed E-state index contributed by atoms with van der Waals surface area (Å²) in [6, 6.07) is 0. The highest BCUT2D eigenvalue weighted by molar-refractivity contribution is 7.92. The largest absolute Gasteiger partial charge is 0.383 e. The Balaban J connectivity index is 4.48. The molecule has 0 aromatic heterocycles. The second-order valence-electron chi connectivity index (χ2n) is 3.71. The van der Waals surface area contributed by atoms with E-state index in [0.29, 0.717) is 26.3 Å². The lowest BCUT2D eigenvalue weighted by molar-refractivity contribution is -0.129. The Hall–Kier alpha value is -0.920. The summed E-state index contributed by atoms with van der Waals surface area (Å²) in [6.07, 6.45) is 1.28. The second-order valence-corrected chi connectivity index (χ2v) is 5.82. The number of ether oxygens (including phenoxy) is 2. The van der Waals surface area contributed by atoms with Crippen LogP contribution in [-0.4, -0.2) is 71.3 Å². The van der Waals surface area contributed by atoms with Gasteiger partial charge in [0.25, 0.3) is 0 Å². The highest BCUT2D eigenvalue weighted by Gasteiger charge is 2.20. The molecule has 7 heteroatoms. The van der Waals surface area contributed by atoms with Crippen LogP contribution in [0.2, 0.25) is 0 Å². The van der Waals surface area contributed by atoms with Crippen molar-refractivity contribution in [3.63, 3.8) is 0 Å². The molecule has 0 radical (unpaired) electrons. The first kappa shape index (κ1) is 17.1. The Morgan fingerprint density at radius 2 is 1.72 bits per heavy atom. The Morgan fingerprint density at radius 1 is 1.22 bits per heavy atom. The van der Waals surface area contributed by atoms with E-state index in [1.165, 1.54) is 25.2 Å². The molecule has 0 aliphatic heterocycles. The van der Waals surface area contributed by atoms with Crippen molar-refractivity contribution in [3.05, 3.63) is 12.7 Å². The Labute approximate surface area is 108 Å². The van der Waals surface area contributed by atoms with Crippen LogP contribution in [0.5, 0.6) is 0 Å². The summed E-state index contributed by atoms with van der Waals surface area (Å²) in [5, 5.41) is 0. The number of hydrogen-bond donors (Lipinski definition) is 0. The molecule has 0 spiro atoms. The van der Waals surface area contributed by atoms with E-state index in [-0.39, 0.29) is 5.75 Å². The van der Waals surface area contributed by atoms with Gasteiger partial charge in [0.15, 0.2) is 9.84 Å². The predicted octanol–water partition coefficient (Wildman–Crippen LogP) is -0.291. The molecule has 0 aliphatic carbocycles. The molecule has 0 unspecified atom stereocenters. The molecule has 0 N–H and O–H groups in total. The third-order valence-corrected chi connectivity index (χ3v) is 3.63. The molecule has 0 bridgehead atoms. The minimum Gasteiger partial charge on any atom is -0.383 e. The first-order valence-electron chi connectivity index (χ1n) is 5.53. The maximum Gasteiger partial charge on any atom is 0.237 e. The van der Waals surface area contributed by atoms with Crippen LogP contribution in [0.1, 0.15) is 0 Å². The van der Waals surface area contributed by atoms with Crippen molar-refractivity contribution in [1.82, 2.24) is 4.90 Å². The quantitative estimate of drug-likeness (QED) is 0.514. The maximum atomic E-state index is 11.8. The lowest BCUT2D eigenvalue weighted by Crippen LogP contribution is -2.40. The average Bonchev–Trinajstić information content (AvgIpc) is 2.28. The Bertz CT molecular complexity index is 344. The van der Waals surface area contributed by atoms with Crippen LogP contribution in [0.25, 0.3) is 0 Å². The van der Waals surface area contributed by atoms with Gasteiger partial charge in [-0.15, -0.1) is 6.58 Å². The summed E-state index contributed by atoms with van der Waals surface area (Å²) in [7, 11) is -0.374. The molecule has 0 aliphatic rings. The minimum absolute atomic E-state index is 0.193. The summed E-state index contributed by atoms with van der Waals surface area (Å²) >= 11 is 0. The number of carbonyl (C=O) groups is 1. The van der Waals surface area contributed by atoms with E-state index in [1.807, 2.05) is 0 Å². The Kier molecular flexibility index (Phi) is 8.61. The average molecular weight is 279 g/mol. The van der Waals surface area contributed by atoms with Crippen molar-refractivity contribution in [2.24, 2.45) is 0 Å². The van der Waals surface area contributed by atoms with Crippen molar-refractivity contribution < 1.29 is 22.7 Å². The molecular weight excluding hydrogens is 258 g/mol. The smallest absolute Gasteiger partial charge is 0.237 e. The predicted molar refractivity (Wildman–Crippen MR) is 69.2 cm³/mol. The van der Waals surface area contributed by atoms with E-state index in [4.69, 9.17) is 9.47 Å². The zero-order valence-corrected chi connectivity index (χ0v) is 11.7. The van der Waals surface area contributed by atoms with Gasteiger partial charge in [-0.3, -0.25) is 4.79 Å². The van der Waals surface area contributed by atoms with E-state index in [2.05, 4.69) is 6.58 Å². The zero-order valence-electron chi connectivity index (χ0n) is 10.9. The molecule has 6 nitrogen and oxygen atoms in total. The number of rotatable bonds is 10. The van der Waals surface area contributed by atoms with Gasteiger partial charge in [0.05, 0.1) is 19.0 Å². The monoisotopic (exact) mass is 279 g/mol. The molecule has 0 rings (SSSR count). The molecule has 0 saturated carbocycles. The van der Waals surface area contributed by atoms with Crippen LogP contribution in [-0.2, 0) is 24.1 Å². The number of sulfone groups is 1. The highest BCUT2D eigenvalue weighted by Crippen LogP contribution is 1.98. The molecule has 0 heterocycles. The van der Waals surface area contributed by atoms with Gasteiger partial charge in [-0.2, -0.15) is 0 Å². The summed E-state index contributed by atoms with van der Waals surface area (Å²) in [5.41, 5.74) is 0. The SMILES string of the molecule is C=CCS(=O)(=O)CC(=O)N(CCOC)CCOC. The molecule has 0 atom stereocenters. The topological polar surface area (TPSA) is 72.9 Å². The van der Waals surface area contributed by atoms with Crippen molar-refractivity contribution in [2.45, 2.75) is 0 Å².